The van der Waals surface area contributed by atoms with Crippen LogP contribution in [0.3, 0.4) is 0 Å². The molecule has 31 nitrogen and oxygen atoms in total. The summed E-state index contributed by atoms with van der Waals surface area (Å²) in [4.78, 5) is 136. The number of benzene rings is 4. The van der Waals surface area contributed by atoms with E-state index >= 15 is 0 Å². The van der Waals surface area contributed by atoms with E-state index in [4.69, 9.17) is 49.5 Å². The highest BCUT2D eigenvalue weighted by Crippen LogP contribution is 2.58. The number of ether oxygens (including phenoxy) is 10. The zero-order chi connectivity index (χ0) is 106. The summed E-state index contributed by atoms with van der Waals surface area (Å²) < 4.78 is 167. The highest BCUT2D eigenvalue weighted by atomic mass is 35.5. The molecule has 2 N–H and O–H groups in total. The number of β-amino-alcohol motifs (C(OH)–C–C–N with tert-alkyl or cyclic N) is 1. The van der Waals surface area contributed by atoms with Crippen molar-refractivity contribution in [1.82, 2.24) is 59.9 Å². The van der Waals surface area contributed by atoms with Gasteiger partial charge in [0.25, 0.3) is 0 Å². The fourth-order valence-electron chi connectivity index (χ4n) is 16.2. The Balaban J connectivity index is 0.000000227. The van der Waals surface area contributed by atoms with Gasteiger partial charge >= 0.3 is 65.7 Å². The lowest BCUT2D eigenvalue weighted by molar-refractivity contribution is -0.160. The zero-order valence-electron chi connectivity index (χ0n) is 82.9. The number of esters is 5. The van der Waals surface area contributed by atoms with Gasteiger partial charge in [-0.25, -0.2) is 63.8 Å². The Morgan fingerprint density at radius 3 is 1.19 bits per heavy atom. The molecule has 8 aromatic rings. The van der Waals surface area contributed by atoms with Crippen molar-refractivity contribution in [1.29, 1.82) is 0 Å². The first-order valence-corrected chi connectivity index (χ1v) is 46.2. The summed E-state index contributed by atoms with van der Waals surface area (Å²) in [5, 5.41) is 12.1. The largest absolute Gasteiger partial charge is 0.471 e. The number of nitrogens with one attached hydrogen (secondary N) is 1. The van der Waals surface area contributed by atoms with E-state index in [1.165, 1.54) is 49.6 Å². The van der Waals surface area contributed by atoms with E-state index in [1.807, 2.05) is 26.8 Å². The number of para-hydroxylation sites is 8. The summed E-state index contributed by atoms with van der Waals surface area (Å²) in [6.07, 6.45) is 3.45. The Hall–Kier alpha value is -13.7. The molecule has 2 saturated carbocycles. The van der Waals surface area contributed by atoms with Gasteiger partial charge in [-0.2, -0.15) is 35.1 Å². The first-order chi connectivity index (χ1) is 67.9. The Kier molecular flexibility index (Phi) is 40.8. The molecule has 6 aliphatic rings. The van der Waals surface area contributed by atoms with Crippen molar-refractivity contribution in [3.05, 3.63) is 188 Å². The first-order valence-electron chi connectivity index (χ1n) is 45.8. The fraction of sp³-hybridized carbons (Fsp3) is 0.462. The average molecular weight is 2060 g/mol. The summed E-state index contributed by atoms with van der Waals surface area (Å²) in [6.45, 7) is 36.0. The molecule has 0 radical (unpaired) electrons. The molecule has 0 spiro atoms. The van der Waals surface area contributed by atoms with Gasteiger partial charge in [-0.3, -0.25) is 24.2 Å². The molecular weight excluding hydrogens is 1940 g/mol. The number of hydrogen-bond acceptors (Lipinski definition) is 28. The van der Waals surface area contributed by atoms with Crippen LogP contribution < -0.4 is 19.5 Å². The third-order valence-electron chi connectivity index (χ3n) is 23.3. The summed E-state index contributed by atoms with van der Waals surface area (Å²) >= 11 is 5.67. The number of carbonyl (C=O) groups is 8. The Bertz CT molecular complexity index is 6230. The van der Waals surface area contributed by atoms with Crippen LogP contribution >= 0.6 is 24.0 Å². The number of likely N-dealkylation sites (tertiary alicyclic amines) is 3. The number of hydrogen-bond donors (Lipinski definition) is 2. The number of aliphatic hydroxyl groups excluding tert-OH is 1. The summed E-state index contributed by atoms with van der Waals surface area (Å²) in [6, 6.07) is 23.1. The van der Waals surface area contributed by atoms with Crippen LogP contribution in [0, 0.1) is 64.6 Å². The minimum Gasteiger partial charge on any atom is -0.471 e. The molecule has 778 valence electrons. The quantitative estimate of drug-likeness (QED) is 0.0176. The van der Waals surface area contributed by atoms with Crippen LogP contribution in [0.2, 0.25) is 5.15 Å². The summed E-state index contributed by atoms with van der Waals surface area (Å²) in [5.41, 5.74) is -1.81. The van der Waals surface area contributed by atoms with E-state index in [9.17, 15) is 78.6 Å². The number of allylic oxidation sites excluding steroid dienone is 5. The molecule has 4 aromatic heterocycles. The molecule has 4 aliphatic heterocycles. The first kappa shape index (κ1) is 117. The molecular formula is C104H118Cl2F8N12O19. The van der Waals surface area contributed by atoms with E-state index in [-0.39, 0.29) is 85.9 Å². The number of methoxy groups -OCH3 is 4. The number of nitrogens with zero attached hydrogens (tertiary/aromatic N) is 11. The molecule has 145 heavy (non-hydrogen) atoms. The lowest BCUT2D eigenvalue weighted by Crippen LogP contribution is -2.48. The SMILES string of the molecule is C=CC(F)(F)c1nc2ccccc2nc1Cl.C=CC(F)(F)c1nc2ccccc2nc1O[C@@H]1C[C@@H](C(=O)OC)N(C(=O)OC(C)(C)C)C1.C=CC(F)(F)c1nc2ccccc2nc1O[C@H]1CN[C@H](C(=O)OC)C1.C=CCC[C@@H]1[C@H]2C[C@H]2C[C@H]1OC(=O)C[C@H](C(=O)N1C[C@H](Oc2nc3ccccc3nc2C(F)(F)C=C)C[C@H]1C(=O)OC)C(C)(C)C.CC#CC#CC#CC.COC(=O)[C@@H]1C[C@@H](O)CN1C(=O)OC(C)(C)C.Cl. The second kappa shape index (κ2) is 50.7. The van der Waals surface area contributed by atoms with Gasteiger partial charge in [0.05, 0.1) is 111 Å². The van der Waals surface area contributed by atoms with Crippen molar-refractivity contribution in [2.75, 3.05) is 54.6 Å². The number of aromatic nitrogens is 8. The maximum Gasteiger partial charge on any atom is 0.411 e. The number of aliphatic hydroxyl groups is 1. The standard InChI is InChI=1S/C35H43F2N3O6.C22H25F2N3O5.C17H17F2N3O3.C11H7ClF2N2.C11H19NO5.C8H6.ClH/c1-7-9-12-22-23-15-20(23)16-28(22)46-29(41)18-24(34(3,4)5)32(42)40-19-21(17-27(40)33(43)44-6)45-31-30(35(36,37)8-2)38-25-13-10-11-14-26(25)39-31;1-6-22(23,24)17-18(26-15-10-8-7-9-14(15)25-17)31-13-11-16(19(28)30-5)27(12-13)20(29)32-21(2,3)4;1-3-17(18,19)14-15(22-12-7-5-4-6-11(12)21-14)25-10-8-13(20-9-10)16(23)24-2;1-2-11(13,14)9-10(12)16-8-6-4-3-5-7(8)15-9;1-11(2,3)17-10(15)12-6-7(13)5-8(12)9(14)16-4;1-3-5-7-8-6-4-2;/h7-8,10-11,13-14,20-24,27-28H,1-2,9,12,15-19H2,3-6H3;6-10,13,16H,1,11-12H2,2-5H3;3-7,10,13,20H,1,8-9H2,2H3;2-6H,1H2;7-8,13H,5-6H2,1-4H3;1-2H3;1H/t20-,21+,22+,23-,24+,27-,28+;13-,16+;10-,13+;;7-,8+;;/m011.1../s1. The molecule has 0 unspecified atom stereocenters. The van der Waals surface area contributed by atoms with Gasteiger partial charge in [-0.1, -0.05) is 125 Å². The summed E-state index contributed by atoms with van der Waals surface area (Å²) in [5.74, 6) is -1.81. The van der Waals surface area contributed by atoms with E-state index in [0.717, 1.165) is 19.3 Å². The van der Waals surface area contributed by atoms with Crippen molar-refractivity contribution >= 4 is 116 Å². The lowest BCUT2D eigenvalue weighted by atomic mass is 9.77. The van der Waals surface area contributed by atoms with Crippen molar-refractivity contribution < 1.29 is 126 Å². The maximum absolute atomic E-state index is 14.9. The van der Waals surface area contributed by atoms with Gasteiger partial charge in [-0.15, -0.1) is 19.0 Å². The molecule has 13 atom stereocenters. The second-order valence-corrected chi connectivity index (χ2v) is 37.4. The topological polar surface area (TPSA) is 374 Å². The molecule has 4 aromatic carbocycles. The van der Waals surface area contributed by atoms with Crippen LogP contribution in [0.5, 0.6) is 17.6 Å². The van der Waals surface area contributed by atoms with Crippen LogP contribution in [0.15, 0.2) is 160 Å². The Morgan fingerprint density at radius 1 is 0.469 bits per heavy atom. The van der Waals surface area contributed by atoms with Gasteiger partial charge in [0.15, 0.2) is 27.9 Å². The minimum absolute atomic E-state index is 0. The number of amides is 3. The summed E-state index contributed by atoms with van der Waals surface area (Å²) in [7, 11) is 4.95. The third-order valence-corrected chi connectivity index (χ3v) is 23.5. The smallest absolute Gasteiger partial charge is 0.411 e. The molecule has 4 saturated heterocycles. The third kappa shape index (κ3) is 31.2. The zero-order valence-corrected chi connectivity index (χ0v) is 84.5. The molecule has 2 aliphatic carbocycles. The number of fused-ring (bicyclic) bond motifs is 5. The molecule has 41 heteroatoms. The molecule has 3 amide bonds. The van der Waals surface area contributed by atoms with E-state index in [0.29, 0.717) is 88.1 Å². The van der Waals surface area contributed by atoms with Crippen molar-refractivity contribution in [2.45, 2.75) is 224 Å². The van der Waals surface area contributed by atoms with Gasteiger partial charge < -0.3 is 62.7 Å². The van der Waals surface area contributed by atoms with E-state index in [2.05, 4.69) is 123 Å². The van der Waals surface area contributed by atoms with Crippen molar-refractivity contribution in [3.63, 3.8) is 0 Å². The van der Waals surface area contributed by atoms with Gasteiger partial charge in [0, 0.05) is 32.2 Å². The number of halogens is 10. The number of carbonyl (C=O) groups excluding carboxylic acids is 8. The minimum atomic E-state index is -3.55. The van der Waals surface area contributed by atoms with Crippen LogP contribution in [-0.2, 0) is 85.6 Å². The van der Waals surface area contributed by atoms with E-state index in [1.54, 1.807) is 152 Å². The van der Waals surface area contributed by atoms with E-state index < -0.39 is 177 Å². The monoisotopic (exact) mass is 2060 g/mol. The van der Waals surface area contributed by atoms with Crippen LogP contribution in [0.1, 0.15) is 157 Å². The highest BCUT2D eigenvalue weighted by Gasteiger charge is 2.56. The van der Waals surface area contributed by atoms with Gasteiger partial charge in [-0.05, 0) is 201 Å². The maximum atomic E-state index is 14.9. The molecule has 0 bridgehead atoms. The predicted octanol–water partition coefficient (Wildman–Crippen LogP) is 17.6. The van der Waals surface area contributed by atoms with Crippen LogP contribution in [0.4, 0.5) is 44.7 Å². The highest BCUT2D eigenvalue weighted by molar-refractivity contribution is 6.30. The van der Waals surface area contributed by atoms with Crippen molar-refractivity contribution in [3.8, 4) is 53.2 Å². The van der Waals surface area contributed by atoms with Gasteiger partial charge in [0.1, 0.15) is 59.8 Å². The Morgan fingerprint density at radius 2 is 0.821 bits per heavy atom. The fourth-order valence-corrected chi connectivity index (χ4v) is 16.4. The number of rotatable bonds is 25. The van der Waals surface area contributed by atoms with Crippen molar-refractivity contribution in [2.24, 2.45) is 29.1 Å². The lowest BCUT2D eigenvalue weighted by Gasteiger charge is -2.34. The molecule has 6 fully saturated rings. The molecule has 14 rings (SSSR count). The van der Waals surface area contributed by atoms with Crippen LogP contribution in [-0.4, -0.2) is 228 Å². The predicted molar refractivity (Wildman–Crippen MR) is 525 cm³/mol. The average Bonchev–Trinajstić information content (AvgIpc) is 1.57. The Labute approximate surface area is 846 Å². The number of alkyl halides is 8. The second-order valence-electron chi connectivity index (χ2n) is 37.0. The van der Waals surface area contributed by atoms with Crippen LogP contribution in [0.25, 0.3) is 44.1 Å². The normalized spacial score (nSPS) is 20.4. The molecule has 8 heterocycles. The van der Waals surface area contributed by atoms with Gasteiger partial charge in [0.2, 0.25) is 23.5 Å².